The molecule has 0 aromatic carbocycles. The number of rotatable bonds is 8. The van der Waals surface area contributed by atoms with E-state index in [4.69, 9.17) is 5.73 Å². The number of nitroso groups, excluding NO2 is 1. The van der Waals surface area contributed by atoms with Crippen LogP contribution in [0.4, 0.5) is 0 Å². The summed E-state index contributed by atoms with van der Waals surface area (Å²) in [7, 11) is 0. The lowest BCUT2D eigenvalue weighted by molar-refractivity contribution is -0.140. The Labute approximate surface area is 211 Å². The highest BCUT2D eigenvalue weighted by molar-refractivity contribution is 5.19. The third-order valence-corrected chi connectivity index (χ3v) is 13.0. The highest BCUT2D eigenvalue weighted by Gasteiger charge is 2.66. The van der Waals surface area contributed by atoms with Gasteiger partial charge in [0.1, 0.15) is 0 Å². The maximum atomic E-state index is 12.4. The predicted octanol–water partition coefficient (Wildman–Crippen LogP) is 8.60. The van der Waals surface area contributed by atoms with Crippen molar-refractivity contribution in [3.63, 3.8) is 0 Å². The van der Waals surface area contributed by atoms with Crippen LogP contribution < -0.4 is 5.73 Å². The molecule has 4 aliphatic carbocycles. The number of hydrogen-bond donors (Lipinski definition) is 1. The van der Waals surface area contributed by atoms with Gasteiger partial charge >= 0.3 is 0 Å². The van der Waals surface area contributed by atoms with E-state index in [-0.39, 0.29) is 17.0 Å². The third-order valence-electron chi connectivity index (χ3n) is 13.0. The summed E-state index contributed by atoms with van der Waals surface area (Å²) in [6.07, 6.45) is 15.1. The third kappa shape index (κ3) is 4.12. The number of nitrogens with two attached hydrogens (primary N) is 1. The minimum atomic E-state index is -0.198. The van der Waals surface area contributed by atoms with Crippen molar-refractivity contribution in [3.8, 4) is 0 Å². The van der Waals surface area contributed by atoms with Gasteiger partial charge in [-0.25, -0.2) is 0 Å². The van der Waals surface area contributed by atoms with E-state index in [0.717, 1.165) is 42.4 Å². The van der Waals surface area contributed by atoms with Crippen LogP contribution in [0.15, 0.2) is 5.18 Å². The molecule has 11 unspecified atom stereocenters. The molecule has 4 fully saturated rings. The molecule has 0 aliphatic heterocycles. The maximum Gasteiger partial charge on any atom is 0.0971 e. The zero-order chi connectivity index (χ0) is 24.9. The fourth-order valence-electron chi connectivity index (χ4n) is 10.6. The zero-order valence-corrected chi connectivity index (χ0v) is 23.6. The number of nitrogens with zero attached hydrogens (tertiary/aromatic N) is 1. The van der Waals surface area contributed by atoms with Gasteiger partial charge in [-0.15, -0.1) is 0 Å². The Balaban J connectivity index is 1.55. The molecule has 0 saturated heterocycles. The molecule has 2 N–H and O–H groups in total. The van der Waals surface area contributed by atoms with Gasteiger partial charge < -0.3 is 5.73 Å². The normalized spacial score (nSPS) is 48.0. The van der Waals surface area contributed by atoms with Gasteiger partial charge in [-0.05, 0) is 116 Å². The highest BCUT2D eigenvalue weighted by atomic mass is 16.3. The highest BCUT2D eigenvalue weighted by Crippen LogP contribution is 2.69. The maximum absolute atomic E-state index is 12.4. The summed E-state index contributed by atoms with van der Waals surface area (Å²) in [5.74, 6) is 5.70. The predicted molar refractivity (Wildman–Crippen MR) is 144 cm³/mol. The van der Waals surface area contributed by atoms with E-state index in [2.05, 4.69) is 53.6 Å². The molecule has 3 nitrogen and oxygen atoms in total. The molecule has 0 aromatic rings. The van der Waals surface area contributed by atoms with Crippen LogP contribution in [0.5, 0.6) is 0 Å². The lowest BCUT2D eigenvalue weighted by Gasteiger charge is -2.66. The van der Waals surface area contributed by atoms with Crippen molar-refractivity contribution in [3.05, 3.63) is 4.91 Å². The van der Waals surface area contributed by atoms with Gasteiger partial charge in [0, 0.05) is 5.54 Å². The van der Waals surface area contributed by atoms with Gasteiger partial charge in [-0.3, -0.25) is 0 Å². The van der Waals surface area contributed by atoms with E-state index >= 15 is 0 Å². The van der Waals surface area contributed by atoms with Crippen molar-refractivity contribution in [2.24, 2.45) is 69.1 Å². The molecule has 3 heteroatoms. The van der Waals surface area contributed by atoms with Crippen molar-refractivity contribution in [2.45, 2.75) is 137 Å². The summed E-state index contributed by atoms with van der Waals surface area (Å²) in [6, 6.07) is -0.0669. The SMILES string of the molecule is CCC1CCC2(C)C3CCC4(C)C(C(C)CCC(CC)C(C)C)CCC4C3C(N=O)CC2(N)C1. The van der Waals surface area contributed by atoms with Gasteiger partial charge in [-0.1, -0.05) is 72.9 Å². The van der Waals surface area contributed by atoms with Crippen LogP contribution in [0.2, 0.25) is 0 Å². The first kappa shape index (κ1) is 26.6. The minimum Gasteiger partial charge on any atom is -0.325 e. The summed E-state index contributed by atoms with van der Waals surface area (Å²) in [4.78, 5) is 12.4. The van der Waals surface area contributed by atoms with Crippen LogP contribution in [-0.4, -0.2) is 11.6 Å². The Morgan fingerprint density at radius 1 is 0.941 bits per heavy atom. The molecule has 196 valence electrons. The lowest BCUT2D eigenvalue weighted by Crippen LogP contribution is -2.69. The second kappa shape index (κ2) is 9.79. The van der Waals surface area contributed by atoms with Gasteiger partial charge in [-0.2, -0.15) is 4.91 Å². The molecule has 0 bridgehead atoms. The van der Waals surface area contributed by atoms with Crippen LogP contribution in [0.3, 0.4) is 0 Å². The van der Waals surface area contributed by atoms with E-state index in [0.29, 0.717) is 23.2 Å². The Morgan fingerprint density at radius 3 is 2.29 bits per heavy atom. The molecule has 0 heterocycles. The fourth-order valence-corrected chi connectivity index (χ4v) is 10.6. The van der Waals surface area contributed by atoms with Gasteiger partial charge in [0.15, 0.2) is 0 Å². The average molecular weight is 473 g/mol. The van der Waals surface area contributed by atoms with E-state index in [1.807, 2.05) is 0 Å². The molecule has 11 atom stereocenters. The van der Waals surface area contributed by atoms with Crippen molar-refractivity contribution < 1.29 is 0 Å². The smallest absolute Gasteiger partial charge is 0.0971 e. The Kier molecular flexibility index (Phi) is 7.66. The summed E-state index contributed by atoms with van der Waals surface area (Å²) in [6.45, 7) is 17.2. The van der Waals surface area contributed by atoms with E-state index in [1.165, 1.54) is 64.2 Å². The van der Waals surface area contributed by atoms with Crippen LogP contribution in [-0.2, 0) is 0 Å². The van der Waals surface area contributed by atoms with Crippen molar-refractivity contribution >= 4 is 0 Å². The molecular formula is C31H56N2O. The van der Waals surface area contributed by atoms with E-state index < -0.39 is 0 Å². The van der Waals surface area contributed by atoms with Crippen LogP contribution in [0, 0.1) is 63.1 Å². The first-order valence-electron chi connectivity index (χ1n) is 15.2. The van der Waals surface area contributed by atoms with Crippen LogP contribution in [0.1, 0.15) is 126 Å². The topological polar surface area (TPSA) is 55.5 Å². The molecular weight excluding hydrogens is 416 g/mol. The quantitative estimate of drug-likeness (QED) is 0.359. The molecule has 0 spiro atoms. The molecule has 0 amide bonds. The summed E-state index contributed by atoms with van der Waals surface area (Å²) >= 11 is 0. The second-order valence-electron chi connectivity index (χ2n) is 14.5. The molecule has 4 rings (SSSR count). The Hall–Kier alpha value is -0.440. The van der Waals surface area contributed by atoms with E-state index in [9.17, 15) is 4.91 Å². The summed E-state index contributed by atoms with van der Waals surface area (Å²) in [5.41, 5.74) is 7.66. The number of fused-ring (bicyclic) bond motifs is 5. The monoisotopic (exact) mass is 472 g/mol. The molecule has 0 radical (unpaired) electrons. The molecule has 4 aliphatic rings. The zero-order valence-electron chi connectivity index (χ0n) is 23.6. The molecule has 0 aromatic heterocycles. The van der Waals surface area contributed by atoms with Crippen LogP contribution >= 0.6 is 0 Å². The van der Waals surface area contributed by atoms with Gasteiger partial charge in [0.05, 0.1) is 6.04 Å². The fraction of sp³-hybridized carbons (Fsp3) is 1.00. The minimum absolute atomic E-state index is 0.0669. The number of hydrogen-bond acceptors (Lipinski definition) is 3. The summed E-state index contributed by atoms with van der Waals surface area (Å²) in [5, 5.41) is 3.87. The Bertz CT molecular complexity index is 722. The molecule has 4 saturated carbocycles. The van der Waals surface area contributed by atoms with Crippen molar-refractivity contribution in [2.75, 3.05) is 0 Å². The lowest BCUT2D eigenvalue weighted by atomic mass is 9.40. The summed E-state index contributed by atoms with van der Waals surface area (Å²) < 4.78 is 0. The largest absolute Gasteiger partial charge is 0.325 e. The first-order chi connectivity index (χ1) is 16.0. The van der Waals surface area contributed by atoms with Gasteiger partial charge in [0.25, 0.3) is 0 Å². The second-order valence-corrected chi connectivity index (χ2v) is 14.5. The first-order valence-corrected chi connectivity index (χ1v) is 15.2. The molecule has 34 heavy (non-hydrogen) atoms. The van der Waals surface area contributed by atoms with Crippen molar-refractivity contribution in [1.29, 1.82) is 0 Å². The van der Waals surface area contributed by atoms with Crippen LogP contribution in [0.25, 0.3) is 0 Å². The van der Waals surface area contributed by atoms with E-state index in [1.54, 1.807) is 0 Å². The van der Waals surface area contributed by atoms with Gasteiger partial charge in [0.2, 0.25) is 0 Å². The standard InChI is InChI=1S/C31H56N2O/c1-8-22-14-17-30(7)26-15-16-29(6)24(21(5)10-11-23(9-2)20(3)4)12-13-25(29)28(26)27(33-34)19-31(30,32)18-22/h20-28H,8-19,32H2,1-7H3. The average Bonchev–Trinajstić information content (AvgIpc) is 3.16. The van der Waals surface area contributed by atoms with Crippen molar-refractivity contribution in [1.82, 2.24) is 0 Å². The Morgan fingerprint density at radius 2 is 1.68 bits per heavy atom.